The summed E-state index contributed by atoms with van der Waals surface area (Å²) in [5.41, 5.74) is 2.21. The fourth-order valence-electron chi connectivity index (χ4n) is 2.69. The van der Waals surface area contributed by atoms with Crippen molar-refractivity contribution < 1.29 is 9.47 Å². The van der Waals surface area contributed by atoms with Crippen LogP contribution in [0.25, 0.3) is 0 Å². The lowest BCUT2D eigenvalue weighted by Gasteiger charge is -2.29. The Balaban J connectivity index is 2.16. The quantitative estimate of drug-likeness (QED) is 0.853. The Kier molecular flexibility index (Phi) is 2.95. The molecule has 0 amide bonds. The van der Waals surface area contributed by atoms with Crippen molar-refractivity contribution in [3.05, 3.63) is 27.2 Å². The molecular weight excluding hydrogens is 261 g/mol. The number of hydrogen-bond acceptors (Lipinski definition) is 3. The molecule has 5 heteroatoms. The molecule has 3 nitrogen and oxygen atoms in total. The van der Waals surface area contributed by atoms with Gasteiger partial charge in [0.2, 0.25) is 0 Å². The van der Waals surface area contributed by atoms with E-state index in [0.29, 0.717) is 28.3 Å². The van der Waals surface area contributed by atoms with Crippen molar-refractivity contribution in [3.8, 4) is 5.75 Å². The van der Waals surface area contributed by atoms with Gasteiger partial charge in [-0.25, -0.2) is 0 Å². The molecular formula is C12H13Cl2NO2. The number of rotatable bonds is 1. The van der Waals surface area contributed by atoms with Crippen LogP contribution in [0.3, 0.4) is 0 Å². The number of fused-ring (bicyclic) bond motifs is 3. The maximum absolute atomic E-state index is 6.41. The van der Waals surface area contributed by atoms with Crippen LogP contribution in [-0.4, -0.2) is 26.3 Å². The second-order valence-corrected chi connectivity index (χ2v) is 5.18. The molecule has 1 fully saturated rings. The van der Waals surface area contributed by atoms with E-state index in [9.17, 15) is 0 Å². The SMILES string of the molecule is COc1c(Cl)cc2c(c1Cl)[C@@H]1CNC[C@@H]1OC2. The van der Waals surface area contributed by atoms with Gasteiger partial charge >= 0.3 is 0 Å². The number of methoxy groups -OCH3 is 1. The molecule has 0 unspecified atom stereocenters. The van der Waals surface area contributed by atoms with E-state index in [2.05, 4.69) is 5.32 Å². The second kappa shape index (κ2) is 4.32. The van der Waals surface area contributed by atoms with Crippen LogP contribution in [0.4, 0.5) is 0 Å². The lowest BCUT2D eigenvalue weighted by Crippen LogP contribution is -2.27. The van der Waals surface area contributed by atoms with Crippen molar-refractivity contribution in [1.29, 1.82) is 0 Å². The summed E-state index contributed by atoms with van der Waals surface area (Å²) in [5, 5.41) is 4.51. The van der Waals surface area contributed by atoms with Crippen LogP contribution in [0.1, 0.15) is 17.0 Å². The van der Waals surface area contributed by atoms with Crippen molar-refractivity contribution in [2.24, 2.45) is 0 Å². The molecule has 1 aromatic rings. The first kappa shape index (κ1) is 11.6. The highest BCUT2D eigenvalue weighted by Crippen LogP contribution is 2.45. The summed E-state index contributed by atoms with van der Waals surface area (Å²) in [4.78, 5) is 0. The Morgan fingerprint density at radius 3 is 3.00 bits per heavy atom. The van der Waals surface area contributed by atoms with Gasteiger partial charge < -0.3 is 14.8 Å². The highest BCUT2D eigenvalue weighted by molar-refractivity contribution is 6.37. The smallest absolute Gasteiger partial charge is 0.156 e. The lowest BCUT2D eigenvalue weighted by molar-refractivity contribution is 0.0299. The van der Waals surface area contributed by atoms with E-state index in [1.165, 1.54) is 0 Å². The van der Waals surface area contributed by atoms with Crippen molar-refractivity contribution in [2.75, 3.05) is 20.2 Å². The zero-order chi connectivity index (χ0) is 12.0. The van der Waals surface area contributed by atoms with Crippen LogP contribution in [0, 0.1) is 0 Å². The summed E-state index contributed by atoms with van der Waals surface area (Å²) in [5.74, 6) is 0.872. The molecule has 0 radical (unpaired) electrons. The number of benzene rings is 1. The third kappa shape index (κ3) is 1.73. The minimum absolute atomic E-state index is 0.214. The number of ether oxygens (including phenoxy) is 2. The summed E-state index contributed by atoms with van der Waals surface area (Å²) in [7, 11) is 1.59. The van der Waals surface area contributed by atoms with Crippen molar-refractivity contribution in [1.82, 2.24) is 5.32 Å². The van der Waals surface area contributed by atoms with E-state index in [4.69, 9.17) is 32.7 Å². The molecule has 0 bridgehead atoms. The first-order valence-corrected chi connectivity index (χ1v) is 6.35. The second-order valence-electron chi connectivity index (χ2n) is 4.39. The molecule has 1 aromatic carbocycles. The molecule has 0 saturated carbocycles. The average molecular weight is 274 g/mol. The van der Waals surface area contributed by atoms with Gasteiger partial charge in [0.1, 0.15) is 0 Å². The summed E-state index contributed by atoms with van der Waals surface area (Å²) in [6.07, 6.45) is 0.214. The predicted molar refractivity (Wildman–Crippen MR) is 67.2 cm³/mol. The lowest BCUT2D eigenvalue weighted by atomic mass is 9.89. The fraction of sp³-hybridized carbons (Fsp3) is 0.500. The van der Waals surface area contributed by atoms with Gasteiger partial charge in [0.25, 0.3) is 0 Å². The Morgan fingerprint density at radius 1 is 1.41 bits per heavy atom. The van der Waals surface area contributed by atoms with Gasteiger partial charge in [-0.05, 0) is 17.2 Å². The molecule has 2 aliphatic heterocycles. The zero-order valence-electron chi connectivity index (χ0n) is 9.43. The minimum atomic E-state index is 0.214. The summed E-state index contributed by atoms with van der Waals surface area (Å²) in [6.45, 7) is 2.34. The van der Waals surface area contributed by atoms with E-state index < -0.39 is 0 Å². The molecule has 17 heavy (non-hydrogen) atoms. The van der Waals surface area contributed by atoms with E-state index in [1.807, 2.05) is 6.07 Å². The first-order chi connectivity index (χ1) is 8.22. The monoisotopic (exact) mass is 273 g/mol. The number of halogens is 2. The molecule has 2 aliphatic rings. The summed E-state index contributed by atoms with van der Waals surface area (Å²) in [6, 6.07) is 1.90. The van der Waals surface area contributed by atoms with E-state index in [-0.39, 0.29) is 6.10 Å². The van der Waals surface area contributed by atoms with Crippen LogP contribution in [-0.2, 0) is 11.3 Å². The van der Waals surface area contributed by atoms with Gasteiger partial charge in [-0.1, -0.05) is 23.2 Å². The van der Waals surface area contributed by atoms with Gasteiger partial charge in [-0.15, -0.1) is 0 Å². The van der Waals surface area contributed by atoms with Crippen molar-refractivity contribution in [2.45, 2.75) is 18.6 Å². The van der Waals surface area contributed by atoms with E-state index in [0.717, 1.165) is 24.2 Å². The molecule has 92 valence electrons. The molecule has 0 aliphatic carbocycles. The highest BCUT2D eigenvalue weighted by atomic mass is 35.5. The van der Waals surface area contributed by atoms with Gasteiger partial charge in [0, 0.05) is 19.0 Å². The Morgan fingerprint density at radius 2 is 2.24 bits per heavy atom. The van der Waals surface area contributed by atoms with Crippen LogP contribution in [0.2, 0.25) is 10.0 Å². The molecule has 0 aromatic heterocycles. The number of nitrogens with one attached hydrogen (secondary N) is 1. The third-order valence-electron chi connectivity index (χ3n) is 3.49. The Labute approximate surface area is 110 Å². The average Bonchev–Trinajstić information content (AvgIpc) is 2.76. The van der Waals surface area contributed by atoms with Crippen molar-refractivity contribution in [3.63, 3.8) is 0 Å². The van der Waals surface area contributed by atoms with E-state index >= 15 is 0 Å². The molecule has 3 rings (SSSR count). The van der Waals surface area contributed by atoms with Crippen LogP contribution in [0.15, 0.2) is 6.07 Å². The molecule has 0 spiro atoms. The highest BCUT2D eigenvalue weighted by Gasteiger charge is 2.37. The van der Waals surface area contributed by atoms with Gasteiger partial charge in [-0.3, -0.25) is 0 Å². The molecule has 1 N–H and O–H groups in total. The van der Waals surface area contributed by atoms with Crippen LogP contribution < -0.4 is 10.1 Å². The zero-order valence-corrected chi connectivity index (χ0v) is 10.9. The Bertz CT molecular complexity index is 464. The topological polar surface area (TPSA) is 30.5 Å². The Hall–Kier alpha value is -0.480. The first-order valence-electron chi connectivity index (χ1n) is 5.59. The minimum Gasteiger partial charge on any atom is -0.494 e. The van der Waals surface area contributed by atoms with Gasteiger partial charge in [0.05, 0.1) is 29.9 Å². The number of hydrogen-bond donors (Lipinski definition) is 1. The van der Waals surface area contributed by atoms with Crippen LogP contribution in [0.5, 0.6) is 5.75 Å². The van der Waals surface area contributed by atoms with Gasteiger partial charge in [-0.2, -0.15) is 0 Å². The maximum atomic E-state index is 6.41. The summed E-state index contributed by atoms with van der Waals surface area (Å²) < 4.78 is 11.1. The van der Waals surface area contributed by atoms with Crippen molar-refractivity contribution >= 4 is 23.2 Å². The molecule has 2 heterocycles. The van der Waals surface area contributed by atoms with Crippen LogP contribution >= 0.6 is 23.2 Å². The standard InChI is InChI=1S/C12H13Cl2NO2/c1-16-12-8(13)2-6-5-17-9-4-15-3-7(9)10(6)11(12)14/h2,7,9,15H,3-5H2,1H3/t7-,9+/m1/s1. The maximum Gasteiger partial charge on any atom is 0.156 e. The fourth-order valence-corrected chi connectivity index (χ4v) is 3.48. The van der Waals surface area contributed by atoms with E-state index in [1.54, 1.807) is 7.11 Å². The third-order valence-corrected chi connectivity index (χ3v) is 4.14. The molecule has 1 saturated heterocycles. The predicted octanol–water partition coefficient (Wildman–Crippen LogP) is 2.59. The summed E-state index contributed by atoms with van der Waals surface area (Å²) >= 11 is 12.5. The van der Waals surface area contributed by atoms with Gasteiger partial charge in [0.15, 0.2) is 5.75 Å². The normalized spacial score (nSPS) is 26.5. The largest absolute Gasteiger partial charge is 0.494 e. The molecule has 2 atom stereocenters.